The van der Waals surface area contributed by atoms with Gasteiger partial charge in [-0.05, 0) is 42.5 Å². The third-order valence-corrected chi connectivity index (χ3v) is 6.22. The van der Waals surface area contributed by atoms with Crippen molar-refractivity contribution in [3.8, 4) is 5.75 Å². The summed E-state index contributed by atoms with van der Waals surface area (Å²) in [4.78, 5) is 73.5. The Balaban J connectivity index is 2.17. The van der Waals surface area contributed by atoms with Crippen LogP contribution in [0.1, 0.15) is 36.8 Å². The van der Waals surface area contributed by atoms with Crippen LogP contribution in [0.4, 0.5) is 0 Å². The molecule has 4 atom stereocenters. The van der Waals surface area contributed by atoms with E-state index in [-0.39, 0.29) is 31.4 Å². The average Bonchev–Trinajstić information content (AvgIpc) is 2.93. The van der Waals surface area contributed by atoms with E-state index in [0.29, 0.717) is 5.56 Å². The molecular formula is C28H35N5O9. The van der Waals surface area contributed by atoms with Gasteiger partial charge in [0.15, 0.2) is 0 Å². The molecule has 0 aliphatic rings. The maximum absolute atomic E-state index is 13.2. The molecule has 14 heteroatoms. The van der Waals surface area contributed by atoms with Gasteiger partial charge in [0.05, 0.1) is 6.04 Å². The molecule has 4 amide bonds. The number of aliphatic carboxylic acids is 2. The van der Waals surface area contributed by atoms with Gasteiger partial charge in [0, 0.05) is 19.3 Å². The lowest BCUT2D eigenvalue weighted by molar-refractivity contribution is -0.143. The molecule has 0 spiro atoms. The van der Waals surface area contributed by atoms with Gasteiger partial charge in [0.2, 0.25) is 23.6 Å². The highest BCUT2D eigenvalue weighted by atomic mass is 16.4. The predicted molar refractivity (Wildman–Crippen MR) is 149 cm³/mol. The fourth-order valence-corrected chi connectivity index (χ4v) is 3.94. The average molecular weight is 586 g/mol. The van der Waals surface area contributed by atoms with E-state index in [2.05, 4.69) is 16.0 Å². The van der Waals surface area contributed by atoms with Crippen molar-refractivity contribution in [2.24, 2.45) is 11.5 Å². The van der Waals surface area contributed by atoms with Crippen LogP contribution in [0.2, 0.25) is 0 Å². The van der Waals surface area contributed by atoms with E-state index in [1.807, 2.05) is 0 Å². The summed E-state index contributed by atoms with van der Waals surface area (Å²) < 4.78 is 0. The molecule has 2 aromatic carbocycles. The summed E-state index contributed by atoms with van der Waals surface area (Å²) in [6.45, 7) is 0. The fraction of sp³-hybridized carbons (Fsp3) is 0.357. The topological polar surface area (TPSA) is 251 Å². The van der Waals surface area contributed by atoms with Gasteiger partial charge < -0.3 is 42.7 Å². The Morgan fingerprint density at radius 3 is 1.69 bits per heavy atom. The number of hydrogen-bond donors (Lipinski definition) is 8. The smallest absolute Gasteiger partial charge is 0.326 e. The maximum Gasteiger partial charge on any atom is 0.326 e. The highest BCUT2D eigenvalue weighted by Crippen LogP contribution is 2.12. The highest BCUT2D eigenvalue weighted by Gasteiger charge is 2.31. The number of carbonyl (C=O) groups excluding carboxylic acids is 4. The lowest BCUT2D eigenvalue weighted by Crippen LogP contribution is -2.57. The van der Waals surface area contributed by atoms with Crippen LogP contribution >= 0.6 is 0 Å². The second-order valence-corrected chi connectivity index (χ2v) is 9.63. The summed E-state index contributed by atoms with van der Waals surface area (Å²) >= 11 is 0. The molecule has 10 N–H and O–H groups in total. The number of rotatable bonds is 17. The van der Waals surface area contributed by atoms with E-state index in [0.717, 1.165) is 5.56 Å². The van der Waals surface area contributed by atoms with Crippen LogP contribution in [0, 0.1) is 0 Å². The minimum atomic E-state index is -1.50. The lowest BCUT2D eigenvalue weighted by Gasteiger charge is -2.25. The maximum atomic E-state index is 13.2. The quantitative estimate of drug-likeness (QED) is 0.114. The third kappa shape index (κ3) is 11.6. The first-order chi connectivity index (χ1) is 19.8. The molecule has 14 nitrogen and oxygen atoms in total. The molecule has 0 saturated heterocycles. The first-order valence-corrected chi connectivity index (χ1v) is 13.1. The number of hydrogen-bond acceptors (Lipinski definition) is 8. The molecule has 42 heavy (non-hydrogen) atoms. The number of aromatic hydroxyl groups is 1. The first kappa shape index (κ1) is 33.2. The van der Waals surface area contributed by atoms with E-state index in [9.17, 15) is 39.0 Å². The standard InChI is InChI=1S/C28H35N5O9/c29-19(14-16-4-2-1-3-5-16)25(38)31-20(10-12-23(30)35)26(39)32-21(11-13-24(36)37)27(40)33-22(28(41)42)15-17-6-8-18(34)9-7-17/h1-9,19-22,34H,10-15,29H2,(H2,30,35)(H,31,38)(H,32,39)(H,33,40)(H,36,37)(H,41,42). The molecular weight excluding hydrogens is 550 g/mol. The van der Waals surface area contributed by atoms with Crippen molar-refractivity contribution in [1.82, 2.24) is 16.0 Å². The van der Waals surface area contributed by atoms with Crippen LogP contribution in [-0.2, 0) is 41.6 Å². The molecule has 0 aromatic heterocycles. The number of carbonyl (C=O) groups is 6. The Morgan fingerprint density at radius 1 is 0.667 bits per heavy atom. The van der Waals surface area contributed by atoms with Crippen LogP contribution in [0.5, 0.6) is 5.75 Å². The molecule has 0 radical (unpaired) electrons. The number of primary amides is 1. The number of nitrogens with two attached hydrogens (primary N) is 2. The molecule has 2 aromatic rings. The third-order valence-electron chi connectivity index (χ3n) is 6.22. The van der Waals surface area contributed by atoms with Crippen molar-refractivity contribution in [3.05, 3.63) is 65.7 Å². The fourth-order valence-electron chi connectivity index (χ4n) is 3.94. The Kier molecular flexibility index (Phi) is 12.9. The van der Waals surface area contributed by atoms with Crippen molar-refractivity contribution in [3.63, 3.8) is 0 Å². The van der Waals surface area contributed by atoms with Gasteiger partial charge in [-0.25, -0.2) is 4.79 Å². The summed E-state index contributed by atoms with van der Waals surface area (Å²) in [6, 6.07) is 9.12. The zero-order valence-corrected chi connectivity index (χ0v) is 22.7. The van der Waals surface area contributed by atoms with Crippen LogP contribution < -0.4 is 27.4 Å². The number of carboxylic acid groups (broad SMARTS) is 2. The largest absolute Gasteiger partial charge is 0.508 e. The lowest BCUT2D eigenvalue weighted by atomic mass is 10.0. The molecule has 0 aliphatic carbocycles. The molecule has 226 valence electrons. The second kappa shape index (κ2) is 16.3. The first-order valence-electron chi connectivity index (χ1n) is 13.1. The summed E-state index contributed by atoms with van der Waals surface area (Å²) in [5.74, 6) is -6.07. The van der Waals surface area contributed by atoms with Crippen molar-refractivity contribution >= 4 is 35.6 Å². The number of carboxylic acids is 2. The number of phenolic OH excluding ortho intramolecular Hbond substituents is 1. The summed E-state index contributed by atoms with van der Waals surface area (Å²) in [5.41, 5.74) is 12.5. The molecule has 0 heterocycles. The van der Waals surface area contributed by atoms with Crippen LogP contribution in [-0.4, -0.2) is 75.1 Å². The van der Waals surface area contributed by atoms with Crippen molar-refractivity contribution in [2.75, 3.05) is 0 Å². The van der Waals surface area contributed by atoms with E-state index < -0.39 is 72.6 Å². The number of nitrogens with one attached hydrogen (secondary N) is 3. The molecule has 0 aliphatic heterocycles. The normalized spacial score (nSPS) is 13.5. The van der Waals surface area contributed by atoms with Gasteiger partial charge in [0.25, 0.3) is 0 Å². The molecule has 0 fully saturated rings. The Bertz CT molecular complexity index is 1250. The van der Waals surface area contributed by atoms with Crippen LogP contribution in [0.25, 0.3) is 0 Å². The van der Waals surface area contributed by atoms with Gasteiger partial charge in [-0.2, -0.15) is 0 Å². The van der Waals surface area contributed by atoms with E-state index in [1.54, 1.807) is 30.3 Å². The van der Waals surface area contributed by atoms with Gasteiger partial charge in [-0.1, -0.05) is 42.5 Å². The predicted octanol–water partition coefficient (Wildman–Crippen LogP) is -0.826. The summed E-state index contributed by atoms with van der Waals surface area (Å²) in [7, 11) is 0. The van der Waals surface area contributed by atoms with Gasteiger partial charge >= 0.3 is 11.9 Å². The van der Waals surface area contributed by atoms with E-state index >= 15 is 0 Å². The van der Waals surface area contributed by atoms with E-state index in [1.165, 1.54) is 24.3 Å². The van der Waals surface area contributed by atoms with Crippen LogP contribution in [0.15, 0.2) is 54.6 Å². The molecule has 0 bridgehead atoms. The minimum absolute atomic E-state index is 0.0369. The SMILES string of the molecule is NC(=O)CCC(NC(=O)C(N)Cc1ccccc1)C(=O)NC(CCC(=O)O)C(=O)NC(Cc1ccc(O)cc1)C(=O)O. The number of phenols is 1. The minimum Gasteiger partial charge on any atom is -0.508 e. The second-order valence-electron chi connectivity index (χ2n) is 9.63. The summed E-state index contributed by atoms with van der Waals surface area (Å²) in [5, 5.41) is 35.3. The van der Waals surface area contributed by atoms with Gasteiger partial charge in [0.1, 0.15) is 23.9 Å². The highest BCUT2D eigenvalue weighted by molar-refractivity contribution is 5.94. The van der Waals surface area contributed by atoms with Crippen molar-refractivity contribution in [1.29, 1.82) is 0 Å². The Labute approximate surface area is 241 Å². The van der Waals surface area contributed by atoms with Gasteiger partial charge in [-0.15, -0.1) is 0 Å². The van der Waals surface area contributed by atoms with Crippen LogP contribution in [0.3, 0.4) is 0 Å². The molecule has 2 rings (SSSR count). The number of benzene rings is 2. The van der Waals surface area contributed by atoms with Crippen molar-refractivity contribution in [2.45, 2.75) is 62.7 Å². The molecule has 4 unspecified atom stereocenters. The zero-order valence-electron chi connectivity index (χ0n) is 22.7. The van der Waals surface area contributed by atoms with Gasteiger partial charge in [-0.3, -0.25) is 24.0 Å². The Hall–Kier alpha value is -4.98. The monoisotopic (exact) mass is 585 g/mol. The number of amides is 4. The zero-order chi connectivity index (χ0) is 31.2. The summed E-state index contributed by atoms with van der Waals surface area (Å²) in [6.07, 6.45) is -1.50. The molecule has 0 saturated carbocycles. The van der Waals surface area contributed by atoms with Crippen molar-refractivity contribution < 1.29 is 44.1 Å². The van der Waals surface area contributed by atoms with E-state index in [4.69, 9.17) is 16.6 Å². The Morgan fingerprint density at radius 2 is 1.17 bits per heavy atom.